The standard InChI is InChI=1S/C17H33N3O2/c1-13(2)22-11-10-20-8-5-16(6-9-20)19-17(21)15-4-7-18-14(3)12-15/h13-16,18H,4-12H2,1-3H3,(H,19,21)/t14-,15-/m0/s1. The van der Waals surface area contributed by atoms with Crippen LogP contribution < -0.4 is 10.6 Å². The molecular formula is C17H33N3O2. The van der Waals surface area contributed by atoms with E-state index in [1.54, 1.807) is 0 Å². The van der Waals surface area contributed by atoms with E-state index in [-0.39, 0.29) is 11.8 Å². The topological polar surface area (TPSA) is 53.6 Å². The van der Waals surface area contributed by atoms with E-state index < -0.39 is 0 Å². The van der Waals surface area contributed by atoms with E-state index in [0.29, 0.717) is 18.2 Å². The molecule has 0 unspecified atom stereocenters. The Balaban J connectivity index is 1.63. The van der Waals surface area contributed by atoms with Crippen molar-refractivity contribution in [3.05, 3.63) is 0 Å². The number of carbonyl (C=O) groups excluding carboxylic acids is 1. The van der Waals surface area contributed by atoms with Crippen LogP contribution in [0.25, 0.3) is 0 Å². The second kappa shape index (κ2) is 8.85. The summed E-state index contributed by atoms with van der Waals surface area (Å²) in [6.07, 6.45) is 4.38. The summed E-state index contributed by atoms with van der Waals surface area (Å²) in [6.45, 7) is 11.2. The molecule has 2 heterocycles. The first kappa shape index (κ1) is 17.7. The molecule has 2 aliphatic rings. The van der Waals surface area contributed by atoms with E-state index >= 15 is 0 Å². The smallest absolute Gasteiger partial charge is 0.223 e. The molecule has 2 N–H and O–H groups in total. The zero-order valence-electron chi connectivity index (χ0n) is 14.4. The van der Waals surface area contributed by atoms with Gasteiger partial charge in [0.15, 0.2) is 0 Å². The van der Waals surface area contributed by atoms with Gasteiger partial charge in [0.05, 0.1) is 12.7 Å². The van der Waals surface area contributed by atoms with Crippen molar-refractivity contribution in [2.24, 2.45) is 5.92 Å². The minimum Gasteiger partial charge on any atom is -0.377 e. The second-order valence-corrected chi connectivity index (χ2v) is 7.12. The molecular weight excluding hydrogens is 278 g/mol. The van der Waals surface area contributed by atoms with Crippen molar-refractivity contribution in [3.8, 4) is 0 Å². The lowest BCUT2D eigenvalue weighted by atomic mass is 9.92. The fourth-order valence-electron chi connectivity index (χ4n) is 3.41. The Morgan fingerprint density at radius 3 is 2.68 bits per heavy atom. The van der Waals surface area contributed by atoms with Crippen LogP contribution in [0.3, 0.4) is 0 Å². The molecule has 0 saturated carbocycles. The summed E-state index contributed by atoms with van der Waals surface area (Å²) < 4.78 is 5.61. The number of hydrogen-bond donors (Lipinski definition) is 2. The van der Waals surface area contributed by atoms with Crippen LogP contribution >= 0.6 is 0 Å². The van der Waals surface area contributed by atoms with Gasteiger partial charge in [-0.25, -0.2) is 0 Å². The molecule has 0 aliphatic carbocycles. The van der Waals surface area contributed by atoms with Crippen molar-refractivity contribution < 1.29 is 9.53 Å². The minimum absolute atomic E-state index is 0.203. The number of rotatable bonds is 6. The summed E-state index contributed by atoms with van der Waals surface area (Å²) in [7, 11) is 0. The Morgan fingerprint density at radius 2 is 2.05 bits per heavy atom. The average molecular weight is 311 g/mol. The lowest BCUT2D eigenvalue weighted by molar-refractivity contribution is -0.127. The Bertz CT molecular complexity index is 341. The zero-order valence-corrected chi connectivity index (χ0v) is 14.4. The molecule has 0 bridgehead atoms. The minimum atomic E-state index is 0.203. The van der Waals surface area contributed by atoms with Crippen molar-refractivity contribution in [2.45, 2.75) is 64.6 Å². The average Bonchev–Trinajstić information content (AvgIpc) is 2.48. The van der Waals surface area contributed by atoms with E-state index in [1.165, 1.54) is 0 Å². The number of nitrogens with zero attached hydrogens (tertiary/aromatic N) is 1. The summed E-state index contributed by atoms with van der Waals surface area (Å²) in [6, 6.07) is 0.826. The highest BCUT2D eigenvalue weighted by molar-refractivity contribution is 5.79. The molecule has 0 aromatic rings. The maximum atomic E-state index is 12.4. The van der Waals surface area contributed by atoms with Crippen LogP contribution in [0.4, 0.5) is 0 Å². The molecule has 128 valence electrons. The highest BCUT2D eigenvalue weighted by Gasteiger charge is 2.27. The summed E-state index contributed by atoms with van der Waals surface area (Å²) in [5, 5.41) is 6.68. The molecule has 0 spiro atoms. The van der Waals surface area contributed by atoms with Crippen LogP contribution in [0, 0.1) is 5.92 Å². The maximum absolute atomic E-state index is 12.4. The highest BCUT2D eigenvalue weighted by atomic mass is 16.5. The van der Waals surface area contributed by atoms with Crippen molar-refractivity contribution in [1.29, 1.82) is 0 Å². The predicted octanol–water partition coefficient (Wildman–Crippen LogP) is 1.38. The molecule has 2 saturated heterocycles. The number of ether oxygens (including phenoxy) is 1. The van der Waals surface area contributed by atoms with Crippen molar-refractivity contribution in [3.63, 3.8) is 0 Å². The third-order valence-corrected chi connectivity index (χ3v) is 4.79. The van der Waals surface area contributed by atoms with Crippen molar-refractivity contribution in [1.82, 2.24) is 15.5 Å². The van der Waals surface area contributed by atoms with E-state index in [1.807, 2.05) is 0 Å². The fourth-order valence-corrected chi connectivity index (χ4v) is 3.41. The van der Waals surface area contributed by atoms with Crippen LogP contribution in [-0.2, 0) is 9.53 Å². The number of nitrogens with one attached hydrogen (secondary N) is 2. The zero-order chi connectivity index (χ0) is 15.9. The number of piperidine rings is 2. The van der Waals surface area contributed by atoms with Gasteiger partial charge in [-0.15, -0.1) is 0 Å². The Labute approximate surface area is 135 Å². The molecule has 2 rings (SSSR count). The first-order valence-corrected chi connectivity index (χ1v) is 8.92. The summed E-state index contributed by atoms with van der Waals surface area (Å²) in [5.74, 6) is 0.476. The molecule has 0 aromatic carbocycles. The normalized spacial score (nSPS) is 28.0. The quantitative estimate of drug-likeness (QED) is 0.778. The first-order valence-electron chi connectivity index (χ1n) is 8.92. The third kappa shape index (κ3) is 5.86. The van der Waals surface area contributed by atoms with Gasteiger partial charge in [-0.3, -0.25) is 4.79 Å². The maximum Gasteiger partial charge on any atom is 0.223 e. The van der Waals surface area contributed by atoms with Crippen molar-refractivity contribution >= 4 is 5.91 Å². The Morgan fingerprint density at radius 1 is 1.32 bits per heavy atom. The third-order valence-electron chi connectivity index (χ3n) is 4.79. The lowest BCUT2D eigenvalue weighted by Crippen LogP contribution is -2.49. The molecule has 2 atom stereocenters. The lowest BCUT2D eigenvalue weighted by Gasteiger charge is -2.34. The SMILES string of the molecule is CC(C)OCCN1CCC(NC(=O)[C@H]2CCN[C@@H](C)C2)CC1. The highest BCUT2D eigenvalue weighted by Crippen LogP contribution is 2.18. The van der Waals surface area contributed by atoms with Crippen LogP contribution in [0.2, 0.25) is 0 Å². The number of amides is 1. The monoisotopic (exact) mass is 311 g/mol. The van der Waals surface area contributed by atoms with Crippen molar-refractivity contribution in [2.75, 3.05) is 32.8 Å². The molecule has 5 heteroatoms. The van der Waals surface area contributed by atoms with Gasteiger partial charge < -0.3 is 20.3 Å². The van der Waals surface area contributed by atoms with Gasteiger partial charge in [0.1, 0.15) is 0 Å². The summed E-state index contributed by atoms with van der Waals surface area (Å²) in [4.78, 5) is 14.8. The predicted molar refractivity (Wildman–Crippen MR) is 88.9 cm³/mol. The van der Waals surface area contributed by atoms with E-state index in [0.717, 1.165) is 58.5 Å². The van der Waals surface area contributed by atoms with Crippen LogP contribution in [0.5, 0.6) is 0 Å². The van der Waals surface area contributed by atoms with E-state index in [2.05, 4.69) is 36.3 Å². The first-order chi connectivity index (χ1) is 10.5. The van der Waals surface area contributed by atoms with Gasteiger partial charge in [0, 0.05) is 37.6 Å². The van der Waals surface area contributed by atoms with Crippen LogP contribution in [0.15, 0.2) is 0 Å². The van der Waals surface area contributed by atoms with Crippen LogP contribution in [-0.4, -0.2) is 61.8 Å². The number of carbonyl (C=O) groups is 1. The summed E-state index contributed by atoms with van der Waals surface area (Å²) >= 11 is 0. The number of likely N-dealkylation sites (tertiary alicyclic amines) is 1. The molecule has 22 heavy (non-hydrogen) atoms. The second-order valence-electron chi connectivity index (χ2n) is 7.12. The molecule has 0 aromatic heterocycles. The van der Waals surface area contributed by atoms with E-state index in [4.69, 9.17) is 4.74 Å². The van der Waals surface area contributed by atoms with Gasteiger partial charge in [-0.1, -0.05) is 0 Å². The Kier molecular flexibility index (Phi) is 7.12. The van der Waals surface area contributed by atoms with Gasteiger partial charge >= 0.3 is 0 Å². The summed E-state index contributed by atoms with van der Waals surface area (Å²) in [5.41, 5.74) is 0. The van der Waals surface area contributed by atoms with Gasteiger partial charge in [-0.2, -0.15) is 0 Å². The number of hydrogen-bond acceptors (Lipinski definition) is 4. The van der Waals surface area contributed by atoms with Gasteiger partial charge in [0.2, 0.25) is 5.91 Å². The van der Waals surface area contributed by atoms with E-state index in [9.17, 15) is 4.79 Å². The largest absolute Gasteiger partial charge is 0.377 e. The molecule has 5 nitrogen and oxygen atoms in total. The molecule has 0 radical (unpaired) electrons. The molecule has 2 fully saturated rings. The van der Waals surface area contributed by atoms with Gasteiger partial charge in [-0.05, 0) is 53.0 Å². The van der Waals surface area contributed by atoms with Crippen LogP contribution in [0.1, 0.15) is 46.5 Å². The molecule has 1 amide bonds. The Hall–Kier alpha value is -0.650. The fraction of sp³-hybridized carbons (Fsp3) is 0.941. The molecule has 2 aliphatic heterocycles. The van der Waals surface area contributed by atoms with Gasteiger partial charge in [0.25, 0.3) is 0 Å².